The van der Waals surface area contributed by atoms with Crippen LogP contribution in [0.5, 0.6) is 0 Å². The molecule has 1 aliphatic rings. The standard InChI is InChI=1S/C24H27N5O/c1-4-18-21(17-10-6-5-7-11-17)23-26-25-22-20(29(23)27-18)13-14-28(24(22)30)19-12-8-9-15(2)16(19)3/h5-7,10-11,13-16,19H,4,8-9,12H2,1-3H3. The van der Waals surface area contributed by atoms with Crippen LogP contribution in [0.15, 0.2) is 47.4 Å². The predicted molar refractivity (Wildman–Crippen MR) is 119 cm³/mol. The Balaban J connectivity index is 1.71. The van der Waals surface area contributed by atoms with Gasteiger partial charge in [0, 0.05) is 12.2 Å². The molecule has 30 heavy (non-hydrogen) atoms. The normalized spacial score (nSPS) is 22.0. The number of aryl methyl sites for hydroxylation is 1. The first-order valence-corrected chi connectivity index (χ1v) is 10.9. The molecule has 1 fully saturated rings. The van der Waals surface area contributed by atoms with E-state index in [1.54, 1.807) is 4.52 Å². The summed E-state index contributed by atoms with van der Waals surface area (Å²) < 4.78 is 3.67. The van der Waals surface area contributed by atoms with Crippen molar-refractivity contribution in [3.63, 3.8) is 0 Å². The van der Waals surface area contributed by atoms with Crippen molar-refractivity contribution < 1.29 is 0 Å². The van der Waals surface area contributed by atoms with Gasteiger partial charge in [-0.05, 0) is 36.3 Å². The third kappa shape index (κ3) is 2.85. The van der Waals surface area contributed by atoms with Crippen molar-refractivity contribution in [2.75, 3.05) is 0 Å². The van der Waals surface area contributed by atoms with Gasteiger partial charge in [0.05, 0.1) is 11.3 Å². The van der Waals surface area contributed by atoms with Gasteiger partial charge in [0.1, 0.15) is 5.52 Å². The van der Waals surface area contributed by atoms with Crippen LogP contribution in [0.4, 0.5) is 0 Å². The average Bonchev–Trinajstić information content (AvgIpc) is 3.16. The molecule has 0 radical (unpaired) electrons. The molecule has 0 bridgehead atoms. The summed E-state index contributed by atoms with van der Waals surface area (Å²) in [7, 11) is 0. The van der Waals surface area contributed by atoms with E-state index in [-0.39, 0.29) is 11.6 Å². The fraction of sp³-hybridized carbons (Fsp3) is 0.417. The smallest absolute Gasteiger partial charge is 0.280 e. The zero-order chi connectivity index (χ0) is 20.8. The van der Waals surface area contributed by atoms with Gasteiger partial charge in [0.2, 0.25) is 0 Å². The number of pyridine rings is 1. The van der Waals surface area contributed by atoms with E-state index < -0.39 is 0 Å². The van der Waals surface area contributed by atoms with Gasteiger partial charge in [0.15, 0.2) is 11.2 Å². The summed E-state index contributed by atoms with van der Waals surface area (Å²) in [5.74, 6) is 1.08. The molecule has 0 spiro atoms. The lowest BCUT2D eigenvalue weighted by molar-refractivity contribution is 0.183. The zero-order valence-electron chi connectivity index (χ0n) is 17.7. The van der Waals surface area contributed by atoms with Crippen molar-refractivity contribution in [3.05, 3.63) is 58.6 Å². The van der Waals surface area contributed by atoms with Gasteiger partial charge >= 0.3 is 0 Å². The van der Waals surface area contributed by atoms with Crippen molar-refractivity contribution in [2.45, 2.75) is 52.5 Å². The first kappa shape index (κ1) is 19.0. The Labute approximate surface area is 175 Å². The number of nitrogens with zero attached hydrogens (tertiary/aromatic N) is 5. The van der Waals surface area contributed by atoms with Gasteiger partial charge in [-0.15, -0.1) is 10.2 Å². The maximum absolute atomic E-state index is 13.4. The van der Waals surface area contributed by atoms with Crippen LogP contribution in [0.2, 0.25) is 0 Å². The van der Waals surface area contributed by atoms with Crippen LogP contribution in [0.3, 0.4) is 0 Å². The molecule has 5 rings (SSSR count). The van der Waals surface area contributed by atoms with E-state index >= 15 is 0 Å². The van der Waals surface area contributed by atoms with Crippen LogP contribution in [-0.4, -0.2) is 24.4 Å². The Morgan fingerprint density at radius 3 is 2.63 bits per heavy atom. The third-order valence-electron chi connectivity index (χ3n) is 6.90. The molecule has 154 valence electrons. The summed E-state index contributed by atoms with van der Waals surface area (Å²) in [4.78, 5) is 13.4. The minimum atomic E-state index is -0.0670. The molecule has 3 unspecified atom stereocenters. The van der Waals surface area contributed by atoms with Crippen molar-refractivity contribution in [2.24, 2.45) is 11.8 Å². The van der Waals surface area contributed by atoms with Crippen LogP contribution >= 0.6 is 0 Å². The number of hydrogen-bond donors (Lipinski definition) is 0. The molecule has 3 aromatic heterocycles. The van der Waals surface area contributed by atoms with Gasteiger partial charge in [0.25, 0.3) is 5.56 Å². The number of benzene rings is 1. The van der Waals surface area contributed by atoms with Crippen LogP contribution in [-0.2, 0) is 6.42 Å². The van der Waals surface area contributed by atoms with Crippen LogP contribution in [0.25, 0.3) is 27.8 Å². The highest BCUT2D eigenvalue weighted by molar-refractivity contribution is 5.84. The molecule has 1 aromatic carbocycles. The molecule has 6 nitrogen and oxygen atoms in total. The minimum Gasteiger partial charge on any atom is -0.310 e. The predicted octanol–water partition coefficient (Wildman–Crippen LogP) is 4.67. The Kier molecular flexibility index (Phi) is 4.65. The molecule has 4 aromatic rings. The highest BCUT2D eigenvalue weighted by atomic mass is 16.1. The monoisotopic (exact) mass is 401 g/mol. The van der Waals surface area contributed by atoms with Crippen molar-refractivity contribution >= 4 is 16.7 Å². The van der Waals surface area contributed by atoms with E-state index in [4.69, 9.17) is 5.10 Å². The minimum absolute atomic E-state index is 0.0670. The molecule has 1 saturated carbocycles. The second-order valence-corrected chi connectivity index (χ2v) is 8.57. The highest BCUT2D eigenvalue weighted by Crippen LogP contribution is 2.37. The van der Waals surface area contributed by atoms with Gasteiger partial charge in [-0.2, -0.15) is 5.10 Å². The fourth-order valence-electron chi connectivity index (χ4n) is 4.96. The first-order chi connectivity index (χ1) is 14.6. The second kappa shape index (κ2) is 7.35. The quantitative estimate of drug-likeness (QED) is 0.501. The van der Waals surface area contributed by atoms with Crippen molar-refractivity contribution in [3.8, 4) is 11.1 Å². The highest BCUT2D eigenvalue weighted by Gasteiger charge is 2.29. The van der Waals surface area contributed by atoms with Crippen LogP contribution in [0.1, 0.15) is 51.8 Å². The zero-order valence-corrected chi connectivity index (χ0v) is 17.7. The van der Waals surface area contributed by atoms with Crippen molar-refractivity contribution in [1.29, 1.82) is 0 Å². The van der Waals surface area contributed by atoms with Gasteiger partial charge in [-0.1, -0.05) is 63.9 Å². The first-order valence-electron chi connectivity index (χ1n) is 10.9. The Hall–Kier alpha value is -3.02. The lowest BCUT2D eigenvalue weighted by atomic mass is 9.78. The summed E-state index contributed by atoms with van der Waals surface area (Å²) >= 11 is 0. The third-order valence-corrected chi connectivity index (χ3v) is 6.90. The van der Waals surface area contributed by atoms with Crippen LogP contribution in [0, 0.1) is 11.8 Å². The summed E-state index contributed by atoms with van der Waals surface area (Å²) in [6, 6.07) is 12.3. The largest absolute Gasteiger partial charge is 0.310 e. The Bertz CT molecular complexity index is 1270. The van der Waals surface area contributed by atoms with E-state index in [1.165, 1.54) is 6.42 Å². The fourth-order valence-corrected chi connectivity index (χ4v) is 4.96. The van der Waals surface area contributed by atoms with E-state index in [1.807, 2.05) is 35.0 Å². The topological polar surface area (TPSA) is 65.1 Å². The Morgan fingerprint density at radius 1 is 1.07 bits per heavy atom. The van der Waals surface area contributed by atoms with E-state index in [9.17, 15) is 4.79 Å². The van der Waals surface area contributed by atoms with Crippen LogP contribution < -0.4 is 5.56 Å². The van der Waals surface area contributed by atoms with Gasteiger partial charge in [-0.25, -0.2) is 4.52 Å². The lowest BCUT2D eigenvalue weighted by Crippen LogP contribution is -2.34. The SMILES string of the molecule is CCc1nn2c(nnc3c(=O)n(C4CCCC(C)C4C)ccc32)c1-c1ccccc1. The molecule has 1 aliphatic carbocycles. The van der Waals surface area contributed by atoms with E-state index in [2.05, 4.69) is 43.1 Å². The molecule has 3 atom stereocenters. The molecule has 3 heterocycles. The number of hydrogen-bond acceptors (Lipinski definition) is 4. The summed E-state index contributed by atoms with van der Waals surface area (Å²) in [6.45, 7) is 6.63. The maximum atomic E-state index is 13.4. The number of rotatable bonds is 3. The van der Waals surface area contributed by atoms with E-state index in [0.29, 0.717) is 23.0 Å². The Morgan fingerprint density at radius 2 is 1.87 bits per heavy atom. The number of aromatic nitrogens is 5. The molecule has 6 heteroatoms. The molecule has 0 N–H and O–H groups in total. The second-order valence-electron chi connectivity index (χ2n) is 8.57. The van der Waals surface area contributed by atoms with Gasteiger partial charge < -0.3 is 4.57 Å². The maximum Gasteiger partial charge on any atom is 0.280 e. The molecule has 0 amide bonds. The summed E-state index contributed by atoms with van der Waals surface area (Å²) in [6.07, 6.45) is 6.14. The lowest BCUT2D eigenvalue weighted by Gasteiger charge is -2.35. The van der Waals surface area contributed by atoms with Gasteiger partial charge in [-0.3, -0.25) is 4.79 Å². The summed E-state index contributed by atoms with van der Waals surface area (Å²) in [5, 5.41) is 13.7. The molecular formula is C24H27N5O. The number of fused-ring (bicyclic) bond motifs is 3. The van der Waals surface area contributed by atoms with E-state index in [0.717, 1.165) is 41.6 Å². The molecule has 0 saturated heterocycles. The summed E-state index contributed by atoms with van der Waals surface area (Å²) in [5.41, 5.74) is 4.75. The molecule has 0 aliphatic heterocycles. The molecular weight excluding hydrogens is 374 g/mol. The van der Waals surface area contributed by atoms with Crippen molar-refractivity contribution in [1.82, 2.24) is 24.4 Å². The average molecular weight is 402 g/mol.